The van der Waals surface area contributed by atoms with Crippen molar-refractivity contribution in [3.8, 4) is 0 Å². The molecule has 0 aromatic rings. The summed E-state index contributed by atoms with van der Waals surface area (Å²) in [5.74, 6) is -1.07. The highest BCUT2D eigenvalue weighted by Crippen LogP contribution is 2.11. The lowest BCUT2D eigenvalue weighted by Gasteiger charge is -2.18. The molecule has 1 atom stereocenters. The zero-order chi connectivity index (χ0) is 54.3. The topological polar surface area (TPSA) is 78.9 Å². The van der Waals surface area contributed by atoms with E-state index in [-0.39, 0.29) is 31.6 Å². The standard InChI is InChI=1S/C69H104O6/c1-4-7-10-13-16-18-20-22-24-26-28-29-30-31-32-33-34-35-36-37-38-39-41-42-44-46-48-50-53-56-59-62-68(71)74-65-66(64-73-67(70)61-58-55-52-15-12-9-6-3)75-69(72)63-60-57-54-51-49-47-45-43-40-27-25-23-21-19-17-14-11-8-5-2/h7-8,10-11,16-19,22-25,28-29,31-32,34-35,37-38,40-43,46-49,54,57,66H,4-6,9,12-15,20-21,26-27,30,33,36,39,44-45,50-53,55-56,58-65H2,1-3H3/b10-7-,11-8-,18-16-,19-17-,24-22-,25-23-,29-28-,32-31-,35-34-,38-37-,42-41-,43-40-,48-46-,49-47-,57-54-. The van der Waals surface area contributed by atoms with Crippen LogP contribution < -0.4 is 0 Å². The van der Waals surface area contributed by atoms with Crippen LogP contribution in [0.2, 0.25) is 0 Å². The first-order valence-corrected chi connectivity index (χ1v) is 29.3. The van der Waals surface area contributed by atoms with E-state index in [1.807, 2.05) is 12.2 Å². The van der Waals surface area contributed by atoms with E-state index in [1.165, 1.54) is 25.7 Å². The number of rotatable bonds is 50. The molecule has 0 aromatic carbocycles. The van der Waals surface area contributed by atoms with Crippen LogP contribution in [-0.4, -0.2) is 37.2 Å². The lowest BCUT2D eigenvalue weighted by Crippen LogP contribution is -2.30. The van der Waals surface area contributed by atoms with Gasteiger partial charge in [0.1, 0.15) is 13.2 Å². The third kappa shape index (κ3) is 59.3. The molecule has 0 fully saturated rings. The van der Waals surface area contributed by atoms with E-state index < -0.39 is 12.1 Å². The minimum Gasteiger partial charge on any atom is -0.462 e. The predicted octanol–water partition coefficient (Wildman–Crippen LogP) is 20.1. The second-order valence-electron chi connectivity index (χ2n) is 18.4. The van der Waals surface area contributed by atoms with Crippen LogP contribution in [0.3, 0.4) is 0 Å². The van der Waals surface area contributed by atoms with Crippen molar-refractivity contribution in [3.63, 3.8) is 0 Å². The van der Waals surface area contributed by atoms with Crippen molar-refractivity contribution >= 4 is 17.9 Å². The molecule has 0 aliphatic heterocycles. The van der Waals surface area contributed by atoms with Gasteiger partial charge in [0.05, 0.1) is 0 Å². The molecule has 0 aliphatic rings. The maximum absolute atomic E-state index is 12.8. The van der Waals surface area contributed by atoms with Gasteiger partial charge in [0, 0.05) is 19.3 Å². The summed E-state index contributed by atoms with van der Waals surface area (Å²) in [5, 5.41) is 0. The van der Waals surface area contributed by atoms with Crippen LogP contribution in [0, 0.1) is 0 Å². The summed E-state index contributed by atoms with van der Waals surface area (Å²) in [4.78, 5) is 37.9. The monoisotopic (exact) mass is 1030 g/mol. The number of hydrogen-bond acceptors (Lipinski definition) is 6. The quantitative estimate of drug-likeness (QED) is 0.0261. The zero-order valence-corrected chi connectivity index (χ0v) is 47.5. The van der Waals surface area contributed by atoms with E-state index in [4.69, 9.17) is 14.2 Å². The maximum atomic E-state index is 12.8. The lowest BCUT2D eigenvalue weighted by molar-refractivity contribution is -0.166. The highest BCUT2D eigenvalue weighted by atomic mass is 16.6. The van der Waals surface area contributed by atoms with Crippen molar-refractivity contribution in [2.45, 2.75) is 219 Å². The van der Waals surface area contributed by atoms with E-state index >= 15 is 0 Å². The molecule has 0 amide bonds. The molecule has 6 nitrogen and oxygen atoms in total. The predicted molar refractivity (Wildman–Crippen MR) is 324 cm³/mol. The minimum absolute atomic E-state index is 0.127. The van der Waals surface area contributed by atoms with Crippen LogP contribution >= 0.6 is 0 Å². The number of unbranched alkanes of at least 4 members (excludes halogenated alkanes) is 9. The number of ether oxygens (including phenoxy) is 3. The highest BCUT2D eigenvalue weighted by Gasteiger charge is 2.19. The van der Waals surface area contributed by atoms with Crippen molar-refractivity contribution < 1.29 is 28.6 Å². The molecular weight excluding hydrogens is 925 g/mol. The van der Waals surface area contributed by atoms with Crippen molar-refractivity contribution in [2.24, 2.45) is 0 Å². The molecule has 0 N–H and O–H groups in total. The van der Waals surface area contributed by atoms with Gasteiger partial charge in [0.15, 0.2) is 6.10 Å². The van der Waals surface area contributed by atoms with Crippen LogP contribution in [0.4, 0.5) is 0 Å². The summed E-state index contributed by atoms with van der Waals surface area (Å²) in [5.41, 5.74) is 0. The molecule has 75 heavy (non-hydrogen) atoms. The van der Waals surface area contributed by atoms with Gasteiger partial charge in [-0.2, -0.15) is 0 Å². The number of hydrogen-bond donors (Lipinski definition) is 0. The van der Waals surface area contributed by atoms with Crippen molar-refractivity contribution in [3.05, 3.63) is 182 Å². The Hall–Kier alpha value is -5.49. The smallest absolute Gasteiger partial charge is 0.306 e. The van der Waals surface area contributed by atoms with Gasteiger partial charge in [-0.25, -0.2) is 0 Å². The van der Waals surface area contributed by atoms with Crippen molar-refractivity contribution in [1.82, 2.24) is 0 Å². The molecular formula is C69H104O6. The third-order valence-corrected chi connectivity index (χ3v) is 11.4. The van der Waals surface area contributed by atoms with Crippen molar-refractivity contribution in [1.29, 1.82) is 0 Å². The van der Waals surface area contributed by atoms with E-state index in [0.717, 1.165) is 141 Å². The Kier molecular flexibility index (Phi) is 56.6. The average molecular weight is 1030 g/mol. The SMILES string of the molecule is CC/C=C\C/C=C\C/C=C\C/C=C\C/C=C\C/C=C\C/C=C\C/C=C\C/C=C\CCCCCC(=O)OCC(COC(=O)CCCCCCCCC)OC(=O)CC/C=C\C/C=C\C/C=C\C/C=C\C/C=C\C/C=C\CC. The molecule has 0 aromatic heterocycles. The number of esters is 3. The summed E-state index contributed by atoms with van der Waals surface area (Å²) in [7, 11) is 0. The summed E-state index contributed by atoms with van der Waals surface area (Å²) in [6, 6.07) is 0. The second-order valence-corrected chi connectivity index (χ2v) is 18.4. The van der Waals surface area contributed by atoms with Gasteiger partial charge in [0.25, 0.3) is 0 Å². The number of carbonyl (C=O) groups excluding carboxylic acids is 3. The average Bonchev–Trinajstić information content (AvgIpc) is 3.41. The summed E-state index contributed by atoms with van der Waals surface area (Å²) in [6.45, 7) is 6.25. The fourth-order valence-corrected chi connectivity index (χ4v) is 7.11. The molecule has 0 saturated heterocycles. The van der Waals surface area contributed by atoms with Crippen LogP contribution in [-0.2, 0) is 28.6 Å². The Labute approximate surface area is 459 Å². The molecule has 0 aliphatic carbocycles. The molecule has 0 bridgehead atoms. The minimum atomic E-state index is -0.840. The van der Waals surface area contributed by atoms with Gasteiger partial charge in [-0.3, -0.25) is 14.4 Å². The Morgan fingerprint density at radius 1 is 0.280 bits per heavy atom. The van der Waals surface area contributed by atoms with E-state index in [1.54, 1.807) is 0 Å². The summed E-state index contributed by atoms with van der Waals surface area (Å²) in [6.07, 6.45) is 92.1. The van der Waals surface area contributed by atoms with Crippen LogP contribution in [0.1, 0.15) is 213 Å². The molecule has 1 unspecified atom stereocenters. The Bertz CT molecular complexity index is 1800. The third-order valence-electron chi connectivity index (χ3n) is 11.4. The van der Waals surface area contributed by atoms with Gasteiger partial charge in [-0.1, -0.05) is 248 Å². The van der Waals surface area contributed by atoms with Gasteiger partial charge >= 0.3 is 17.9 Å². The maximum Gasteiger partial charge on any atom is 0.306 e. The molecule has 416 valence electrons. The first-order valence-electron chi connectivity index (χ1n) is 29.3. The van der Waals surface area contributed by atoms with Gasteiger partial charge < -0.3 is 14.2 Å². The van der Waals surface area contributed by atoms with Crippen LogP contribution in [0.5, 0.6) is 0 Å². The van der Waals surface area contributed by atoms with E-state index in [9.17, 15) is 14.4 Å². The van der Waals surface area contributed by atoms with Crippen molar-refractivity contribution in [2.75, 3.05) is 13.2 Å². The molecule has 6 heteroatoms. The van der Waals surface area contributed by atoms with E-state index in [0.29, 0.717) is 19.3 Å². The van der Waals surface area contributed by atoms with Gasteiger partial charge in [-0.15, -0.1) is 0 Å². The fraction of sp³-hybridized carbons (Fsp3) is 0.522. The largest absolute Gasteiger partial charge is 0.462 e. The normalized spacial score (nSPS) is 13.5. The van der Waals surface area contributed by atoms with Crippen LogP contribution in [0.25, 0.3) is 0 Å². The summed E-state index contributed by atoms with van der Waals surface area (Å²) >= 11 is 0. The Morgan fingerprint density at radius 3 is 0.867 bits per heavy atom. The molecule has 0 spiro atoms. The zero-order valence-electron chi connectivity index (χ0n) is 47.5. The number of allylic oxidation sites excluding steroid dienone is 30. The van der Waals surface area contributed by atoms with Gasteiger partial charge in [0.2, 0.25) is 0 Å². The molecule has 0 radical (unpaired) electrons. The first-order chi connectivity index (χ1) is 37.0. The molecule has 0 heterocycles. The van der Waals surface area contributed by atoms with E-state index in [2.05, 4.69) is 191 Å². The van der Waals surface area contributed by atoms with Crippen LogP contribution in [0.15, 0.2) is 182 Å². The lowest BCUT2D eigenvalue weighted by atomic mass is 10.1. The Balaban J connectivity index is 4.38. The fourth-order valence-electron chi connectivity index (χ4n) is 7.11. The number of carbonyl (C=O) groups is 3. The second kappa shape index (κ2) is 61.1. The first kappa shape index (κ1) is 69.5. The van der Waals surface area contributed by atoms with Gasteiger partial charge in [-0.05, 0) is 128 Å². The highest BCUT2D eigenvalue weighted by molar-refractivity contribution is 5.71. The molecule has 0 saturated carbocycles. The Morgan fingerprint density at radius 2 is 0.547 bits per heavy atom. The summed E-state index contributed by atoms with van der Waals surface area (Å²) < 4.78 is 16.7. The molecule has 0 rings (SSSR count).